The van der Waals surface area contributed by atoms with Crippen LogP contribution in [0.4, 0.5) is 4.39 Å². The van der Waals surface area contributed by atoms with Crippen LogP contribution in [0.25, 0.3) is 0 Å². The summed E-state index contributed by atoms with van der Waals surface area (Å²) < 4.78 is 30.1. The molecule has 10 heteroatoms. The smallest absolute Gasteiger partial charge is 0.257 e. The lowest BCUT2D eigenvalue weighted by molar-refractivity contribution is -0.128. The second kappa shape index (κ2) is 11.0. The van der Waals surface area contributed by atoms with E-state index in [1.807, 2.05) is 0 Å². The van der Waals surface area contributed by atoms with Crippen molar-refractivity contribution in [2.24, 2.45) is 0 Å². The van der Waals surface area contributed by atoms with Crippen LogP contribution in [0.2, 0.25) is 0 Å². The maximum absolute atomic E-state index is 13.8. The van der Waals surface area contributed by atoms with Crippen LogP contribution >= 0.6 is 0 Å². The molecule has 9 nitrogen and oxygen atoms in total. The molecule has 0 bridgehead atoms. The van der Waals surface area contributed by atoms with Crippen LogP contribution in [0.5, 0.6) is 5.75 Å². The largest absolute Gasteiger partial charge is 0.497 e. The Bertz CT molecular complexity index is 1120. The van der Waals surface area contributed by atoms with Gasteiger partial charge in [-0.05, 0) is 36.4 Å². The zero-order valence-corrected chi connectivity index (χ0v) is 20.4. The molecule has 0 saturated carbocycles. The molecule has 0 aromatic heterocycles. The molecule has 2 heterocycles. The van der Waals surface area contributed by atoms with Crippen molar-refractivity contribution in [1.82, 2.24) is 15.1 Å². The van der Waals surface area contributed by atoms with E-state index < -0.39 is 17.6 Å². The molecule has 0 unspecified atom stereocenters. The van der Waals surface area contributed by atoms with Crippen molar-refractivity contribution in [2.75, 3.05) is 47.1 Å². The van der Waals surface area contributed by atoms with E-state index in [1.165, 1.54) is 37.3 Å². The molecule has 2 aromatic carbocycles. The molecule has 36 heavy (non-hydrogen) atoms. The van der Waals surface area contributed by atoms with Crippen LogP contribution in [-0.4, -0.2) is 86.4 Å². The monoisotopic (exact) mass is 499 g/mol. The quantitative estimate of drug-likeness (QED) is 0.586. The Morgan fingerprint density at radius 1 is 1.06 bits per heavy atom. The van der Waals surface area contributed by atoms with Crippen molar-refractivity contribution in [2.45, 2.75) is 24.6 Å². The van der Waals surface area contributed by atoms with Crippen molar-refractivity contribution in [1.29, 1.82) is 0 Å². The Hall–Kier alpha value is -3.50. The van der Waals surface area contributed by atoms with Gasteiger partial charge in [0.25, 0.3) is 11.8 Å². The number of ether oxygens (including phenoxy) is 3. The number of likely N-dealkylation sites (tertiary alicyclic amines) is 1. The highest BCUT2D eigenvalue weighted by atomic mass is 19.1. The molecule has 2 aliphatic heterocycles. The first-order chi connectivity index (χ1) is 17.4. The number of halogens is 1. The molecule has 2 aromatic rings. The first kappa shape index (κ1) is 25.6. The predicted molar refractivity (Wildman–Crippen MR) is 128 cm³/mol. The summed E-state index contributed by atoms with van der Waals surface area (Å²) in [7, 11) is 3.05. The van der Waals surface area contributed by atoms with Crippen molar-refractivity contribution >= 4 is 17.7 Å². The number of carbonyl (C=O) groups is 3. The van der Waals surface area contributed by atoms with Crippen molar-refractivity contribution in [3.63, 3.8) is 0 Å². The van der Waals surface area contributed by atoms with Gasteiger partial charge in [-0.25, -0.2) is 4.39 Å². The van der Waals surface area contributed by atoms with E-state index in [9.17, 15) is 18.8 Å². The van der Waals surface area contributed by atoms with Crippen LogP contribution in [0.1, 0.15) is 33.6 Å². The lowest BCUT2D eigenvalue weighted by Crippen LogP contribution is -2.60. The molecule has 0 radical (unpaired) electrons. The predicted octanol–water partition coefficient (Wildman–Crippen LogP) is 2.07. The molecule has 4 rings (SSSR count). The number of hydrogen-bond donors (Lipinski definition) is 1. The Kier molecular flexibility index (Phi) is 7.85. The number of hydrogen-bond acceptors (Lipinski definition) is 6. The molecule has 1 N–H and O–H groups in total. The third-order valence-electron chi connectivity index (χ3n) is 6.61. The van der Waals surface area contributed by atoms with E-state index >= 15 is 0 Å². The van der Waals surface area contributed by atoms with Crippen LogP contribution in [-0.2, 0) is 14.3 Å². The SMILES string of the molecule is COCCNC(=O)[C@H]1COC2(CCN(C(=O)c3cccc(F)c3)CC2)N1C(=O)c1cccc(OC)c1. The number of carbonyl (C=O) groups excluding carboxylic acids is 3. The second-order valence-electron chi connectivity index (χ2n) is 8.77. The summed E-state index contributed by atoms with van der Waals surface area (Å²) in [6.07, 6.45) is 0.622. The molecule has 3 amide bonds. The third kappa shape index (κ3) is 5.19. The Morgan fingerprint density at radius 3 is 2.42 bits per heavy atom. The van der Waals surface area contributed by atoms with E-state index in [-0.39, 0.29) is 43.0 Å². The van der Waals surface area contributed by atoms with E-state index in [4.69, 9.17) is 14.2 Å². The molecule has 1 spiro atoms. The maximum atomic E-state index is 13.8. The number of amides is 3. The van der Waals surface area contributed by atoms with Crippen molar-refractivity contribution in [3.05, 3.63) is 65.5 Å². The fraction of sp³-hybridized carbons (Fsp3) is 0.423. The van der Waals surface area contributed by atoms with E-state index in [1.54, 1.807) is 35.2 Å². The lowest BCUT2D eigenvalue weighted by atomic mass is 9.96. The maximum Gasteiger partial charge on any atom is 0.257 e. The summed E-state index contributed by atoms with van der Waals surface area (Å²) in [4.78, 5) is 42.9. The van der Waals surface area contributed by atoms with Crippen molar-refractivity contribution < 1.29 is 33.0 Å². The van der Waals surface area contributed by atoms with Gasteiger partial charge in [-0.1, -0.05) is 12.1 Å². The van der Waals surface area contributed by atoms with Gasteiger partial charge in [0.15, 0.2) is 0 Å². The summed E-state index contributed by atoms with van der Waals surface area (Å²) in [6, 6.07) is 11.5. The molecule has 2 aliphatic rings. The minimum absolute atomic E-state index is 0.0341. The Morgan fingerprint density at radius 2 is 1.75 bits per heavy atom. The normalized spacial score (nSPS) is 18.8. The second-order valence-corrected chi connectivity index (χ2v) is 8.77. The number of methoxy groups -OCH3 is 2. The minimum Gasteiger partial charge on any atom is -0.497 e. The van der Waals surface area contributed by atoms with Gasteiger partial charge in [0, 0.05) is 50.7 Å². The summed E-state index contributed by atoms with van der Waals surface area (Å²) in [5.74, 6) is -0.944. The van der Waals surface area contributed by atoms with Crippen LogP contribution in [0.3, 0.4) is 0 Å². The van der Waals surface area contributed by atoms with Crippen LogP contribution < -0.4 is 10.1 Å². The van der Waals surface area contributed by atoms with Crippen LogP contribution in [0, 0.1) is 5.82 Å². The van der Waals surface area contributed by atoms with Gasteiger partial charge in [-0.15, -0.1) is 0 Å². The number of piperidine rings is 1. The van der Waals surface area contributed by atoms with Gasteiger partial charge in [0.05, 0.1) is 20.3 Å². The fourth-order valence-corrected chi connectivity index (χ4v) is 4.72. The van der Waals surface area contributed by atoms with E-state index in [0.29, 0.717) is 37.3 Å². The fourth-order valence-electron chi connectivity index (χ4n) is 4.72. The molecule has 192 valence electrons. The first-order valence-electron chi connectivity index (χ1n) is 11.8. The standard InChI is InChI=1S/C26H30FN3O6/c1-34-14-11-28-23(31)22-17-36-26(30(22)25(33)19-6-4-8-21(16-19)35-2)9-12-29(13-10-26)24(32)18-5-3-7-20(27)15-18/h3-8,15-16,22H,9-14,17H2,1-2H3,(H,28,31)/t22-/m1/s1. The molecule has 2 saturated heterocycles. The van der Waals surface area contributed by atoms with Gasteiger partial charge >= 0.3 is 0 Å². The number of nitrogens with one attached hydrogen (secondary N) is 1. The minimum atomic E-state index is -1.05. The topological polar surface area (TPSA) is 97.4 Å². The van der Waals surface area contributed by atoms with E-state index in [0.717, 1.165) is 0 Å². The molecular weight excluding hydrogens is 469 g/mol. The Labute approximate surface area is 209 Å². The van der Waals surface area contributed by atoms with Gasteiger partial charge in [0.1, 0.15) is 23.3 Å². The molecule has 0 aliphatic carbocycles. The average molecular weight is 500 g/mol. The highest BCUT2D eigenvalue weighted by Crippen LogP contribution is 2.39. The number of nitrogens with zero attached hydrogens (tertiary/aromatic N) is 2. The van der Waals surface area contributed by atoms with Gasteiger partial charge in [-0.2, -0.15) is 0 Å². The zero-order valence-electron chi connectivity index (χ0n) is 20.4. The summed E-state index contributed by atoms with van der Waals surface area (Å²) in [5.41, 5.74) is -0.424. The highest BCUT2D eigenvalue weighted by molar-refractivity contribution is 5.99. The van der Waals surface area contributed by atoms with Crippen LogP contribution in [0.15, 0.2) is 48.5 Å². The number of benzene rings is 2. The Balaban J connectivity index is 1.57. The first-order valence-corrected chi connectivity index (χ1v) is 11.8. The number of rotatable bonds is 7. The van der Waals surface area contributed by atoms with Crippen molar-refractivity contribution in [3.8, 4) is 5.75 Å². The summed E-state index contributed by atoms with van der Waals surface area (Å²) >= 11 is 0. The third-order valence-corrected chi connectivity index (χ3v) is 6.61. The van der Waals surface area contributed by atoms with Gasteiger partial charge < -0.3 is 24.4 Å². The molecular formula is C26H30FN3O6. The summed E-state index contributed by atoms with van der Waals surface area (Å²) in [5, 5.41) is 2.80. The van der Waals surface area contributed by atoms with E-state index in [2.05, 4.69) is 5.32 Å². The molecule has 1 atom stereocenters. The summed E-state index contributed by atoms with van der Waals surface area (Å²) in [6.45, 7) is 1.25. The highest BCUT2D eigenvalue weighted by Gasteiger charge is 2.54. The lowest BCUT2D eigenvalue weighted by Gasteiger charge is -2.44. The zero-order chi connectivity index (χ0) is 25.7. The van der Waals surface area contributed by atoms with Gasteiger partial charge in [-0.3, -0.25) is 19.3 Å². The average Bonchev–Trinajstić information content (AvgIpc) is 3.26. The van der Waals surface area contributed by atoms with Gasteiger partial charge in [0.2, 0.25) is 5.91 Å². The molecule has 2 fully saturated rings.